The van der Waals surface area contributed by atoms with E-state index >= 15 is 0 Å². The van der Waals surface area contributed by atoms with Gasteiger partial charge >= 0.3 is 0 Å². The Morgan fingerprint density at radius 1 is 0.733 bits per heavy atom. The van der Waals surface area contributed by atoms with Crippen LogP contribution < -0.4 is 0 Å². The standard InChI is InChI=1S/C29H23N/c1-20-15-17-24(25-12-6-5-11-23(20)25)21-16-18-27-26-13-7-8-14-28(26)30(29(27)19-21)22-9-3-2-4-10-22/h2-7,9-13,15-19H,8,14H2,1H3. The number of aryl methyl sites for hydroxylation is 1. The second-order valence-electron chi connectivity index (χ2n) is 8.18. The number of hydrogen-bond donors (Lipinski definition) is 0. The molecule has 0 saturated heterocycles. The van der Waals surface area contributed by atoms with Gasteiger partial charge < -0.3 is 4.57 Å². The zero-order valence-corrected chi connectivity index (χ0v) is 17.1. The van der Waals surface area contributed by atoms with Crippen LogP contribution in [-0.2, 0) is 6.42 Å². The molecule has 1 aliphatic rings. The summed E-state index contributed by atoms with van der Waals surface area (Å²) in [4.78, 5) is 0. The topological polar surface area (TPSA) is 4.93 Å². The molecule has 0 amide bonds. The van der Waals surface area contributed by atoms with Crippen LogP contribution in [0.5, 0.6) is 0 Å². The highest BCUT2D eigenvalue weighted by atomic mass is 15.0. The van der Waals surface area contributed by atoms with E-state index in [0.717, 1.165) is 12.8 Å². The number of benzene rings is 4. The number of fused-ring (bicyclic) bond motifs is 4. The molecule has 1 aromatic heterocycles. The van der Waals surface area contributed by atoms with Crippen LogP contribution in [-0.4, -0.2) is 4.57 Å². The fourth-order valence-corrected chi connectivity index (χ4v) is 4.96. The number of para-hydroxylation sites is 1. The lowest BCUT2D eigenvalue weighted by atomic mass is 9.94. The van der Waals surface area contributed by atoms with E-state index in [1.807, 2.05) is 0 Å². The van der Waals surface area contributed by atoms with E-state index in [-0.39, 0.29) is 0 Å². The van der Waals surface area contributed by atoms with Gasteiger partial charge in [0.15, 0.2) is 0 Å². The van der Waals surface area contributed by atoms with E-state index in [9.17, 15) is 0 Å². The molecule has 0 unspecified atom stereocenters. The van der Waals surface area contributed by atoms with Crippen molar-refractivity contribution in [1.29, 1.82) is 0 Å². The Balaban J connectivity index is 1.66. The maximum Gasteiger partial charge on any atom is 0.0543 e. The maximum absolute atomic E-state index is 2.47. The predicted molar refractivity (Wildman–Crippen MR) is 128 cm³/mol. The third-order valence-corrected chi connectivity index (χ3v) is 6.41. The van der Waals surface area contributed by atoms with Crippen molar-refractivity contribution >= 4 is 27.8 Å². The SMILES string of the molecule is Cc1ccc(-c2ccc3c4c(n(-c5ccccc5)c3c2)CCC=C4)c2ccccc12. The van der Waals surface area contributed by atoms with Crippen molar-refractivity contribution in [3.8, 4) is 16.8 Å². The van der Waals surface area contributed by atoms with E-state index in [0.29, 0.717) is 0 Å². The molecule has 1 heterocycles. The highest BCUT2D eigenvalue weighted by Gasteiger charge is 2.19. The van der Waals surface area contributed by atoms with E-state index in [4.69, 9.17) is 0 Å². The van der Waals surface area contributed by atoms with Crippen LogP contribution in [0.3, 0.4) is 0 Å². The summed E-state index contributed by atoms with van der Waals surface area (Å²) < 4.78 is 2.47. The molecule has 0 spiro atoms. The van der Waals surface area contributed by atoms with Crippen LogP contribution >= 0.6 is 0 Å². The molecule has 0 aliphatic heterocycles. The van der Waals surface area contributed by atoms with Gasteiger partial charge in [-0.15, -0.1) is 0 Å². The molecule has 0 fully saturated rings. The zero-order chi connectivity index (χ0) is 20.1. The first-order valence-corrected chi connectivity index (χ1v) is 10.7. The van der Waals surface area contributed by atoms with Gasteiger partial charge in [0.05, 0.1) is 5.52 Å². The summed E-state index contributed by atoms with van der Waals surface area (Å²) in [5.74, 6) is 0. The second-order valence-corrected chi connectivity index (χ2v) is 8.18. The molecule has 1 aliphatic carbocycles. The zero-order valence-electron chi connectivity index (χ0n) is 17.1. The van der Waals surface area contributed by atoms with Gasteiger partial charge in [0.2, 0.25) is 0 Å². The monoisotopic (exact) mass is 385 g/mol. The third-order valence-electron chi connectivity index (χ3n) is 6.41. The minimum Gasteiger partial charge on any atom is -0.313 e. The largest absolute Gasteiger partial charge is 0.313 e. The van der Waals surface area contributed by atoms with Gasteiger partial charge in [-0.25, -0.2) is 0 Å². The van der Waals surface area contributed by atoms with Crippen molar-refractivity contribution in [2.75, 3.05) is 0 Å². The summed E-state index contributed by atoms with van der Waals surface area (Å²) in [7, 11) is 0. The normalized spacial score (nSPS) is 13.1. The number of allylic oxidation sites excluding steroid dienone is 1. The molecule has 1 heteroatoms. The Labute approximate surface area is 176 Å². The molecule has 0 N–H and O–H groups in total. The first-order chi connectivity index (χ1) is 14.8. The molecule has 144 valence electrons. The lowest BCUT2D eigenvalue weighted by Gasteiger charge is -2.14. The van der Waals surface area contributed by atoms with Gasteiger partial charge in [0.25, 0.3) is 0 Å². The van der Waals surface area contributed by atoms with Crippen molar-refractivity contribution in [2.45, 2.75) is 19.8 Å². The van der Waals surface area contributed by atoms with Crippen LogP contribution in [0.1, 0.15) is 23.2 Å². The summed E-state index contributed by atoms with van der Waals surface area (Å²) in [5, 5.41) is 3.99. The van der Waals surface area contributed by atoms with Gasteiger partial charge in [-0.3, -0.25) is 0 Å². The summed E-state index contributed by atoms with van der Waals surface area (Å²) >= 11 is 0. The first kappa shape index (κ1) is 17.3. The van der Waals surface area contributed by atoms with Crippen molar-refractivity contribution in [1.82, 2.24) is 4.57 Å². The van der Waals surface area contributed by atoms with Crippen molar-refractivity contribution in [3.05, 3.63) is 108 Å². The Morgan fingerprint density at radius 2 is 1.53 bits per heavy atom. The Bertz CT molecular complexity index is 1430. The van der Waals surface area contributed by atoms with Gasteiger partial charge in [-0.2, -0.15) is 0 Å². The molecule has 30 heavy (non-hydrogen) atoms. The lowest BCUT2D eigenvalue weighted by molar-refractivity contribution is 0.888. The second kappa shape index (κ2) is 6.74. The Morgan fingerprint density at radius 3 is 2.40 bits per heavy atom. The van der Waals surface area contributed by atoms with Gasteiger partial charge in [0, 0.05) is 22.3 Å². The van der Waals surface area contributed by atoms with Crippen LogP contribution in [0.2, 0.25) is 0 Å². The molecule has 6 rings (SSSR count). The van der Waals surface area contributed by atoms with E-state index in [1.165, 1.54) is 55.3 Å². The summed E-state index contributed by atoms with van der Waals surface area (Å²) in [6, 6.07) is 31.0. The average molecular weight is 386 g/mol. The van der Waals surface area contributed by atoms with E-state index in [1.54, 1.807) is 0 Å². The highest BCUT2D eigenvalue weighted by molar-refractivity contribution is 6.02. The highest BCUT2D eigenvalue weighted by Crippen LogP contribution is 2.38. The predicted octanol–water partition coefficient (Wildman–Crippen LogP) is 7.72. The summed E-state index contributed by atoms with van der Waals surface area (Å²) in [6.45, 7) is 2.19. The number of hydrogen-bond acceptors (Lipinski definition) is 0. The Kier molecular flexibility index (Phi) is 3.89. The molecule has 0 atom stereocenters. The first-order valence-electron chi connectivity index (χ1n) is 10.7. The molecule has 0 bridgehead atoms. The van der Waals surface area contributed by atoms with Gasteiger partial charge in [0.1, 0.15) is 0 Å². The van der Waals surface area contributed by atoms with Crippen LogP contribution in [0, 0.1) is 6.92 Å². The van der Waals surface area contributed by atoms with E-state index in [2.05, 4.69) is 109 Å². The average Bonchev–Trinajstić information content (AvgIpc) is 3.14. The summed E-state index contributed by atoms with van der Waals surface area (Å²) in [5.41, 5.74) is 9.22. The quantitative estimate of drug-likeness (QED) is 0.293. The molecule has 1 nitrogen and oxygen atoms in total. The van der Waals surface area contributed by atoms with Crippen molar-refractivity contribution in [3.63, 3.8) is 0 Å². The molecule has 5 aromatic rings. The van der Waals surface area contributed by atoms with Crippen LogP contribution in [0.25, 0.3) is 44.6 Å². The number of nitrogens with zero attached hydrogens (tertiary/aromatic N) is 1. The van der Waals surface area contributed by atoms with Crippen LogP contribution in [0.15, 0.2) is 91.0 Å². The minimum atomic E-state index is 1.08. The lowest BCUT2D eigenvalue weighted by Crippen LogP contribution is -2.02. The van der Waals surface area contributed by atoms with Gasteiger partial charge in [-0.05, 0) is 65.4 Å². The maximum atomic E-state index is 2.47. The molecule has 0 radical (unpaired) electrons. The van der Waals surface area contributed by atoms with Crippen molar-refractivity contribution < 1.29 is 0 Å². The molecular weight excluding hydrogens is 362 g/mol. The smallest absolute Gasteiger partial charge is 0.0543 e. The molecule has 4 aromatic carbocycles. The molecule has 0 saturated carbocycles. The fraction of sp³-hybridized carbons (Fsp3) is 0.103. The van der Waals surface area contributed by atoms with E-state index < -0.39 is 0 Å². The Hall–Kier alpha value is -3.58. The minimum absolute atomic E-state index is 1.08. The molecular formula is C29H23N. The number of aromatic nitrogens is 1. The fourth-order valence-electron chi connectivity index (χ4n) is 4.96. The third kappa shape index (κ3) is 2.55. The van der Waals surface area contributed by atoms with Crippen LogP contribution in [0.4, 0.5) is 0 Å². The van der Waals surface area contributed by atoms with Crippen molar-refractivity contribution in [2.24, 2.45) is 0 Å². The number of rotatable bonds is 2. The van der Waals surface area contributed by atoms with Gasteiger partial charge in [-0.1, -0.05) is 78.9 Å². The summed E-state index contributed by atoms with van der Waals surface area (Å²) in [6.07, 6.45) is 6.80.